The molecule has 2 rings (SSSR count). The normalized spacial score (nSPS) is 16.1. The first-order valence-corrected chi connectivity index (χ1v) is 6.99. The third-order valence-electron chi connectivity index (χ3n) is 2.79. The smallest absolute Gasteiger partial charge is 0.233 e. The van der Waals surface area contributed by atoms with Crippen molar-refractivity contribution in [1.82, 2.24) is 0 Å². The van der Waals surface area contributed by atoms with Gasteiger partial charge in [-0.25, -0.2) is 8.42 Å². The van der Waals surface area contributed by atoms with Crippen LogP contribution in [-0.4, -0.2) is 14.2 Å². The molecule has 88 valence electrons. The van der Waals surface area contributed by atoms with E-state index in [0.717, 1.165) is 18.4 Å². The molecule has 1 aromatic carbocycles. The highest BCUT2D eigenvalue weighted by Crippen LogP contribution is 2.31. The van der Waals surface area contributed by atoms with Crippen molar-refractivity contribution in [2.75, 3.05) is 16.2 Å². The van der Waals surface area contributed by atoms with Crippen LogP contribution in [0.3, 0.4) is 0 Å². The lowest BCUT2D eigenvalue weighted by Gasteiger charge is -2.11. The van der Waals surface area contributed by atoms with E-state index >= 15 is 0 Å². The summed E-state index contributed by atoms with van der Waals surface area (Å²) < 4.78 is 26.1. The molecule has 1 aliphatic carbocycles. The largest absolute Gasteiger partial charge is 0.398 e. The van der Waals surface area contributed by atoms with Gasteiger partial charge in [0.1, 0.15) is 0 Å². The molecule has 0 unspecified atom stereocenters. The lowest BCUT2D eigenvalue weighted by molar-refractivity contribution is 0.597. The van der Waals surface area contributed by atoms with Gasteiger partial charge in [-0.3, -0.25) is 4.72 Å². The Hall–Kier alpha value is -1.23. The van der Waals surface area contributed by atoms with E-state index in [9.17, 15) is 8.42 Å². The van der Waals surface area contributed by atoms with Crippen LogP contribution >= 0.6 is 0 Å². The SMILES string of the molecule is Cc1c(N)cccc1NS(=O)(=O)CC1CC1. The Labute approximate surface area is 95.9 Å². The molecule has 0 heterocycles. The van der Waals surface area contributed by atoms with E-state index in [1.165, 1.54) is 0 Å². The van der Waals surface area contributed by atoms with Crippen LogP contribution in [0, 0.1) is 12.8 Å². The molecule has 0 spiro atoms. The number of nitrogens with two attached hydrogens (primary N) is 1. The van der Waals surface area contributed by atoms with Crippen LogP contribution in [0.4, 0.5) is 11.4 Å². The summed E-state index contributed by atoms with van der Waals surface area (Å²) in [6.07, 6.45) is 2.05. The van der Waals surface area contributed by atoms with Crippen molar-refractivity contribution in [2.45, 2.75) is 19.8 Å². The Bertz CT molecular complexity index is 493. The van der Waals surface area contributed by atoms with Crippen molar-refractivity contribution in [1.29, 1.82) is 0 Å². The van der Waals surface area contributed by atoms with Gasteiger partial charge in [-0.15, -0.1) is 0 Å². The van der Waals surface area contributed by atoms with Crippen LogP contribution in [0.5, 0.6) is 0 Å². The lowest BCUT2D eigenvalue weighted by atomic mass is 10.2. The average Bonchev–Trinajstić information content (AvgIpc) is 2.95. The van der Waals surface area contributed by atoms with Crippen LogP contribution in [0.2, 0.25) is 0 Å². The Morgan fingerprint density at radius 3 is 2.75 bits per heavy atom. The highest BCUT2D eigenvalue weighted by molar-refractivity contribution is 7.92. The Balaban J connectivity index is 2.16. The number of sulfonamides is 1. The molecule has 5 heteroatoms. The fourth-order valence-electron chi connectivity index (χ4n) is 1.57. The van der Waals surface area contributed by atoms with Crippen LogP contribution in [0.15, 0.2) is 18.2 Å². The van der Waals surface area contributed by atoms with E-state index < -0.39 is 10.0 Å². The summed E-state index contributed by atoms with van der Waals surface area (Å²) in [5, 5.41) is 0. The topological polar surface area (TPSA) is 72.2 Å². The average molecular weight is 240 g/mol. The second-order valence-corrected chi connectivity index (χ2v) is 6.11. The predicted molar refractivity (Wildman–Crippen MR) is 65.7 cm³/mol. The molecule has 0 aliphatic heterocycles. The molecule has 0 amide bonds. The number of hydrogen-bond acceptors (Lipinski definition) is 3. The quantitative estimate of drug-likeness (QED) is 0.787. The van der Waals surface area contributed by atoms with Crippen LogP contribution in [0.1, 0.15) is 18.4 Å². The van der Waals surface area contributed by atoms with Crippen molar-refractivity contribution < 1.29 is 8.42 Å². The van der Waals surface area contributed by atoms with E-state index in [1.54, 1.807) is 18.2 Å². The first-order chi connectivity index (χ1) is 7.48. The maximum absolute atomic E-state index is 11.8. The van der Waals surface area contributed by atoms with Gasteiger partial charge in [-0.05, 0) is 43.4 Å². The van der Waals surface area contributed by atoms with Gasteiger partial charge in [0.25, 0.3) is 0 Å². The standard InChI is InChI=1S/C11H16N2O2S/c1-8-10(12)3-2-4-11(8)13-16(14,15)7-9-5-6-9/h2-4,9,13H,5-7,12H2,1H3. The fourth-order valence-corrected chi connectivity index (χ4v) is 3.16. The molecule has 1 aliphatic rings. The van der Waals surface area contributed by atoms with Gasteiger partial charge in [0.2, 0.25) is 10.0 Å². The minimum absolute atomic E-state index is 0.223. The van der Waals surface area contributed by atoms with Gasteiger partial charge in [-0.2, -0.15) is 0 Å². The summed E-state index contributed by atoms with van der Waals surface area (Å²) in [5.41, 5.74) is 7.69. The Morgan fingerprint density at radius 2 is 2.12 bits per heavy atom. The van der Waals surface area contributed by atoms with E-state index in [-0.39, 0.29) is 5.75 Å². The van der Waals surface area contributed by atoms with Gasteiger partial charge in [0.05, 0.1) is 11.4 Å². The minimum Gasteiger partial charge on any atom is -0.398 e. The van der Waals surface area contributed by atoms with Gasteiger partial charge < -0.3 is 5.73 Å². The summed E-state index contributed by atoms with van der Waals surface area (Å²) in [4.78, 5) is 0. The molecule has 0 radical (unpaired) electrons. The highest BCUT2D eigenvalue weighted by atomic mass is 32.2. The number of anilines is 2. The maximum atomic E-state index is 11.8. The summed E-state index contributed by atoms with van der Waals surface area (Å²) in [5.74, 6) is 0.570. The summed E-state index contributed by atoms with van der Waals surface area (Å²) >= 11 is 0. The molecule has 1 fully saturated rings. The summed E-state index contributed by atoms with van der Waals surface area (Å²) in [7, 11) is -3.22. The number of nitrogens with one attached hydrogen (secondary N) is 1. The number of benzene rings is 1. The van der Waals surface area contributed by atoms with Gasteiger partial charge in [0, 0.05) is 5.69 Å². The zero-order valence-corrected chi connectivity index (χ0v) is 10.0. The molecule has 0 saturated heterocycles. The Morgan fingerprint density at radius 1 is 1.44 bits per heavy atom. The summed E-state index contributed by atoms with van der Waals surface area (Å²) in [6, 6.07) is 5.24. The monoisotopic (exact) mass is 240 g/mol. The van der Waals surface area contributed by atoms with E-state index in [2.05, 4.69) is 4.72 Å². The van der Waals surface area contributed by atoms with Crippen molar-refractivity contribution in [3.8, 4) is 0 Å². The number of nitrogen functional groups attached to an aromatic ring is 1. The Kier molecular flexibility index (Phi) is 2.80. The second kappa shape index (κ2) is 3.97. The zero-order chi connectivity index (χ0) is 11.8. The number of hydrogen-bond donors (Lipinski definition) is 2. The fraction of sp³-hybridized carbons (Fsp3) is 0.455. The lowest BCUT2D eigenvalue weighted by Crippen LogP contribution is -2.18. The third-order valence-corrected chi connectivity index (χ3v) is 4.23. The van der Waals surface area contributed by atoms with E-state index in [0.29, 0.717) is 17.3 Å². The van der Waals surface area contributed by atoms with Gasteiger partial charge >= 0.3 is 0 Å². The van der Waals surface area contributed by atoms with Crippen molar-refractivity contribution >= 4 is 21.4 Å². The molecule has 1 aromatic rings. The molecular formula is C11H16N2O2S. The van der Waals surface area contributed by atoms with Crippen LogP contribution in [-0.2, 0) is 10.0 Å². The van der Waals surface area contributed by atoms with E-state index in [1.807, 2.05) is 6.92 Å². The molecular weight excluding hydrogens is 224 g/mol. The second-order valence-electron chi connectivity index (χ2n) is 4.35. The minimum atomic E-state index is -3.22. The zero-order valence-electron chi connectivity index (χ0n) is 9.23. The van der Waals surface area contributed by atoms with E-state index in [4.69, 9.17) is 5.73 Å². The first-order valence-electron chi connectivity index (χ1n) is 5.33. The molecule has 0 aromatic heterocycles. The van der Waals surface area contributed by atoms with Crippen molar-refractivity contribution in [3.63, 3.8) is 0 Å². The van der Waals surface area contributed by atoms with Crippen molar-refractivity contribution in [2.24, 2.45) is 5.92 Å². The third kappa shape index (κ3) is 2.66. The molecule has 4 nitrogen and oxygen atoms in total. The van der Waals surface area contributed by atoms with Crippen LogP contribution in [0.25, 0.3) is 0 Å². The molecule has 3 N–H and O–H groups in total. The molecule has 16 heavy (non-hydrogen) atoms. The first kappa shape index (κ1) is 11.3. The molecule has 0 bridgehead atoms. The predicted octanol–water partition coefficient (Wildman–Crippen LogP) is 1.73. The van der Waals surface area contributed by atoms with Gasteiger partial charge in [-0.1, -0.05) is 6.07 Å². The number of rotatable bonds is 4. The molecule has 0 atom stereocenters. The highest BCUT2D eigenvalue weighted by Gasteiger charge is 2.28. The van der Waals surface area contributed by atoms with Crippen molar-refractivity contribution in [3.05, 3.63) is 23.8 Å². The van der Waals surface area contributed by atoms with Gasteiger partial charge in [0.15, 0.2) is 0 Å². The molecule has 1 saturated carbocycles. The van der Waals surface area contributed by atoms with Crippen LogP contribution < -0.4 is 10.5 Å². The maximum Gasteiger partial charge on any atom is 0.233 e. The summed E-state index contributed by atoms with van der Waals surface area (Å²) in [6.45, 7) is 1.81.